The van der Waals surface area contributed by atoms with Crippen molar-refractivity contribution < 1.29 is 28.5 Å². The van der Waals surface area contributed by atoms with Gasteiger partial charge in [-0.2, -0.15) is 13.2 Å². The lowest BCUT2D eigenvalue weighted by atomic mass is 10.1. The molecule has 6 heteroatoms. The van der Waals surface area contributed by atoms with Crippen LogP contribution < -0.4 is 0 Å². The van der Waals surface area contributed by atoms with Crippen LogP contribution >= 0.6 is 0 Å². The molecule has 0 bridgehead atoms. The highest BCUT2D eigenvalue weighted by Gasteiger charge is 2.35. The number of alkyl halides is 3. The lowest BCUT2D eigenvalue weighted by Gasteiger charge is -2.11. The predicted molar refractivity (Wildman–Crippen MR) is 40.7 cm³/mol. The van der Waals surface area contributed by atoms with E-state index in [1.54, 1.807) is 0 Å². The van der Waals surface area contributed by atoms with Crippen LogP contribution in [0.25, 0.3) is 0 Å². The van der Waals surface area contributed by atoms with Gasteiger partial charge in [0.1, 0.15) is 5.56 Å². The minimum atomic E-state index is -4.76. The van der Waals surface area contributed by atoms with Crippen LogP contribution in [0, 0.1) is 0 Å². The van der Waals surface area contributed by atoms with E-state index in [1.165, 1.54) is 0 Å². The minimum Gasteiger partial charge on any atom is -0.504 e. The van der Waals surface area contributed by atoms with Crippen LogP contribution in [0.5, 0.6) is 11.5 Å². The van der Waals surface area contributed by atoms with Crippen molar-refractivity contribution in [1.82, 2.24) is 0 Å². The van der Waals surface area contributed by atoms with Gasteiger partial charge in [-0.3, -0.25) is 0 Å². The van der Waals surface area contributed by atoms with Gasteiger partial charge in [-0.05, 0) is 17.7 Å². The van der Waals surface area contributed by atoms with E-state index in [2.05, 4.69) is 0 Å². The summed E-state index contributed by atoms with van der Waals surface area (Å²) < 4.78 is 36.6. The highest BCUT2D eigenvalue weighted by molar-refractivity contribution is 5.48. The molecule has 14 heavy (non-hydrogen) atoms. The highest BCUT2D eigenvalue weighted by atomic mass is 19.4. The second-order valence-corrected chi connectivity index (χ2v) is 2.67. The highest BCUT2D eigenvalue weighted by Crippen LogP contribution is 2.41. The Kier molecular flexibility index (Phi) is 2.57. The van der Waals surface area contributed by atoms with Gasteiger partial charge >= 0.3 is 6.18 Å². The number of phenolic OH excluding ortho intramolecular Hbond substituents is 2. The smallest absolute Gasteiger partial charge is 0.420 e. The summed E-state index contributed by atoms with van der Waals surface area (Å²) in [5, 5.41) is 26.4. The van der Waals surface area contributed by atoms with E-state index in [4.69, 9.17) is 15.3 Å². The third kappa shape index (κ3) is 1.90. The number of aliphatic hydroxyl groups is 1. The summed E-state index contributed by atoms with van der Waals surface area (Å²) in [5.41, 5.74) is -1.48. The zero-order valence-electron chi connectivity index (χ0n) is 6.84. The number of hydrogen-bond donors (Lipinski definition) is 3. The number of aliphatic hydroxyl groups excluding tert-OH is 1. The van der Waals surface area contributed by atoms with Gasteiger partial charge in [0, 0.05) is 0 Å². The van der Waals surface area contributed by atoms with Crippen LogP contribution in [0.2, 0.25) is 0 Å². The first-order valence-corrected chi connectivity index (χ1v) is 3.59. The van der Waals surface area contributed by atoms with Crippen molar-refractivity contribution >= 4 is 0 Å². The molecule has 3 N–H and O–H groups in total. The van der Waals surface area contributed by atoms with Crippen molar-refractivity contribution in [2.75, 3.05) is 0 Å². The van der Waals surface area contributed by atoms with Crippen molar-refractivity contribution in [3.63, 3.8) is 0 Å². The van der Waals surface area contributed by atoms with E-state index in [0.717, 1.165) is 6.07 Å². The lowest BCUT2D eigenvalue weighted by Crippen LogP contribution is -2.06. The van der Waals surface area contributed by atoms with Crippen molar-refractivity contribution in [3.8, 4) is 11.5 Å². The standard InChI is InChI=1S/C8H7F3O3/c9-8(10,11)5-1-4(3-12)2-6(13)7(5)14/h1-2,12-14H,3H2. The summed E-state index contributed by atoms with van der Waals surface area (Å²) in [6.07, 6.45) is -4.76. The van der Waals surface area contributed by atoms with E-state index in [-0.39, 0.29) is 5.56 Å². The zero-order valence-corrected chi connectivity index (χ0v) is 6.84. The number of aromatic hydroxyl groups is 2. The zero-order chi connectivity index (χ0) is 10.9. The summed E-state index contributed by atoms with van der Waals surface area (Å²) in [7, 11) is 0. The van der Waals surface area contributed by atoms with Crippen LogP contribution in [0.3, 0.4) is 0 Å². The maximum absolute atomic E-state index is 12.2. The first-order chi connectivity index (χ1) is 6.36. The van der Waals surface area contributed by atoms with Crippen LogP contribution in [0.4, 0.5) is 13.2 Å². The Morgan fingerprint density at radius 1 is 1.14 bits per heavy atom. The molecule has 3 nitrogen and oxygen atoms in total. The quantitative estimate of drug-likeness (QED) is 0.614. The Labute approximate surface area is 77.0 Å². The molecule has 1 aromatic carbocycles. The molecule has 1 rings (SSSR count). The van der Waals surface area contributed by atoms with E-state index in [1.807, 2.05) is 0 Å². The van der Waals surface area contributed by atoms with Crippen molar-refractivity contribution in [2.24, 2.45) is 0 Å². The van der Waals surface area contributed by atoms with Crippen molar-refractivity contribution in [3.05, 3.63) is 23.3 Å². The normalized spacial score (nSPS) is 11.7. The fourth-order valence-electron chi connectivity index (χ4n) is 0.985. The summed E-state index contributed by atoms with van der Waals surface area (Å²) in [4.78, 5) is 0. The average Bonchev–Trinajstić information content (AvgIpc) is 2.07. The molecular weight excluding hydrogens is 201 g/mol. The Bertz CT molecular complexity index is 346. The fourth-order valence-corrected chi connectivity index (χ4v) is 0.985. The van der Waals surface area contributed by atoms with Gasteiger partial charge in [0.15, 0.2) is 11.5 Å². The van der Waals surface area contributed by atoms with Crippen LogP contribution in [-0.4, -0.2) is 15.3 Å². The molecule has 0 fully saturated rings. The minimum absolute atomic E-state index is 0.118. The maximum atomic E-state index is 12.2. The topological polar surface area (TPSA) is 60.7 Å². The van der Waals surface area contributed by atoms with E-state index in [9.17, 15) is 13.2 Å². The van der Waals surface area contributed by atoms with Crippen LogP contribution in [-0.2, 0) is 12.8 Å². The summed E-state index contributed by atoms with van der Waals surface area (Å²) in [6, 6.07) is 1.44. The van der Waals surface area contributed by atoms with Crippen LogP contribution in [0.15, 0.2) is 12.1 Å². The third-order valence-electron chi connectivity index (χ3n) is 1.64. The van der Waals surface area contributed by atoms with Gasteiger partial charge in [-0.25, -0.2) is 0 Å². The summed E-state index contributed by atoms with van der Waals surface area (Å²) in [5.74, 6) is -2.13. The maximum Gasteiger partial charge on any atom is 0.420 e. The first kappa shape index (κ1) is 10.6. The molecule has 0 atom stereocenters. The molecule has 0 aliphatic heterocycles. The van der Waals surface area contributed by atoms with Crippen molar-refractivity contribution in [1.29, 1.82) is 0 Å². The first-order valence-electron chi connectivity index (χ1n) is 3.59. The fraction of sp³-hybridized carbons (Fsp3) is 0.250. The molecule has 78 valence electrons. The molecule has 0 heterocycles. The number of halogens is 3. The number of rotatable bonds is 1. The molecule has 0 saturated carbocycles. The van der Waals surface area contributed by atoms with Gasteiger partial charge in [0.25, 0.3) is 0 Å². The molecule has 0 spiro atoms. The van der Waals surface area contributed by atoms with Gasteiger partial charge in [-0.1, -0.05) is 0 Å². The Morgan fingerprint density at radius 2 is 1.71 bits per heavy atom. The van der Waals surface area contributed by atoms with Crippen LogP contribution in [0.1, 0.15) is 11.1 Å². The van der Waals surface area contributed by atoms with E-state index < -0.39 is 29.8 Å². The summed E-state index contributed by atoms with van der Waals surface area (Å²) in [6.45, 7) is -0.642. The second-order valence-electron chi connectivity index (χ2n) is 2.67. The van der Waals surface area contributed by atoms with E-state index in [0.29, 0.717) is 6.07 Å². The molecule has 0 amide bonds. The number of hydrogen-bond acceptors (Lipinski definition) is 3. The monoisotopic (exact) mass is 208 g/mol. The van der Waals surface area contributed by atoms with E-state index >= 15 is 0 Å². The molecule has 0 saturated heterocycles. The van der Waals surface area contributed by atoms with Gasteiger partial charge in [0.2, 0.25) is 0 Å². The molecule has 0 aromatic heterocycles. The molecule has 0 aliphatic rings. The lowest BCUT2D eigenvalue weighted by molar-refractivity contribution is -0.139. The Hall–Kier alpha value is -1.43. The van der Waals surface area contributed by atoms with Crippen molar-refractivity contribution in [2.45, 2.75) is 12.8 Å². The van der Waals surface area contributed by atoms with Gasteiger partial charge in [-0.15, -0.1) is 0 Å². The predicted octanol–water partition coefficient (Wildman–Crippen LogP) is 1.61. The Balaban J connectivity index is 3.35. The SMILES string of the molecule is OCc1cc(O)c(O)c(C(F)(F)F)c1. The number of phenols is 2. The molecule has 0 aliphatic carbocycles. The number of benzene rings is 1. The molecule has 0 unspecified atom stereocenters. The molecule has 1 aromatic rings. The second kappa shape index (κ2) is 3.38. The Morgan fingerprint density at radius 3 is 2.14 bits per heavy atom. The summed E-state index contributed by atoms with van der Waals surface area (Å²) >= 11 is 0. The largest absolute Gasteiger partial charge is 0.504 e. The average molecular weight is 208 g/mol. The van der Waals surface area contributed by atoms with Gasteiger partial charge in [0.05, 0.1) is 6.61 Å². The van der Waals surface area contributed by atoms with Gasteiger partial charge < -0.3 is 15.3 Å². The molecule has 0 radical (unpaired) electrons. The third-order valence-corrected chi connectivity index (χ3v) is 1.64. The molecular formula is C8H7F3O3.